The summed E-state index contributed by atoms with van der Waals surface area (Å²) in [4.78, 5) is 1.23. The molecule has 0 bridgehead atoms. The zero-order valence-corrected chi connectivity index (χ0v) is 16.9. The molecule has 7 nitrogen and oxygen atoms in total. The van der Waals surface area contributed by atoms with Gasteiger partial charge in [-0.1, -0.05) is 0 Å². The van der Waals surface area contributed by atoms with Crippen molar-refractivity contribution in [1.82, 2.24) is 14.3 Å². The third-order valence-corrected chi connectivity index (χ3v) is 7.01. The summed E-state index contributed by atoms with van der Waals surface area (Å²) >= 11 is 5.51. The highest BCUT2D eigenvalue weighted by molar-refractivity contribution is 7.91. The lowest BCUT2D eigenvalue weighted by atomic mass is 10.1. The Morgan fingerprint density at radius 1 is 1.35 bits per heavy atom. The second kappa shape index (κ2) is 7.50. The first-order valence-corrected chi connectivity index (χ1v) is 10.8. The van der Waals surface area contributed by atoms with Crippen LogP contribution in [0.5, 0.6) is 5.75 Å². The van der Waals surface area contributed by atoms with E-state index in [0.717, 1.165) is 18.1 Å². The van der Waals surface area contributed by atoms with E-state index < -0.39 is 9.84 Å². The summed E-state index contributed by atoms with van der Waals surface area (Å²) in [7, 11) is 2.66. The van der Waals surface area contributed by atoms with Crippen LogP contribution in [0.15, 0.2) is 24.3 Å². The van der Waals surface area contributed by atoms with Crippen LogP contribution in [-0.2, 0) is 30.1 Å². The average Bonchev–Trinajstić information content (AvgIpc) is 3.09. The summed E-state index contributed by atoms with van der Waals surface area (Å²) in [5.41, 5.74) is 1.20. The average molecular weight is 398 g/mol. The van der Waals surface area contributed by atoms with Gasteiger partial charge < -0.3 is 14.2 Å². The molecule has 142 valence electrons. The lowest BCUT2D eigenvalue weighted by Crippen LogP contribution is -3.07. The van der Waals surface area contributed by atoms with E-state index in [1.54, 1.807) is 11.8 Å². The van der Waals surface area contributed by atoms with Crippen molar-refractivity contribution in [3.05, 3.63) is 40.4 Å². The van der Waals surface area contributed by atoms with E-state index in [-0.39, 0.29) is 17.4 Å². The van der Waals surface area contributed by atoms with Crippen LogP contribution >= 0.6 is 12.2 Å². The molecule has 1 aromatic carbocycles. The second-order valence-corrected chi connectivity index (χ2v) is 9.53. The smallest absolute Gasteiger partial charge is 0.202 e. The van der Waals surface area contributed by atoms with Gasteiger partial charge in [-0.05, 0) is 42.9 Å². The molecule has 1 fully saturated rings. The van der Waals surface area contributed by atoms with E-state index in [1.807, 2.05) is 23.7 Å². The molecule has 3 rings (SSSR count). The Morgan fingerprint density at radius 2 is 2.04 bits per heavy atom. The van der Waals surface area contributed by atoms with E-state index in [0.29, 0.717) is 17.9 Å². The first-order valence-electron chi connectivity index (χ1n) is 8.57. The van der Waals surface area contributed by atoms with Gasteiger partial charge in [0.1, 0.15) is 18.1 Å². The fourth-order valence-corrected chi connectivity index (χ4v) is 5.30. The van der Waals surface area contributed by atoms with Crippen LogP contribution < -0.4 is 9.64 Å². The number of nitrogens with one attached hydrogen (secondary N) is 1. The summed E-state index contributed by atoms with van der Waals surface area (Å²) in [5.74, 6) is 1.96. The van der Waals surface area contributed by atoms with Gasteiger partial charge in [0.2, 0.25) is 4.77 Å². The van der Waals surface area contributed by atoms with Gasteiger partial charge in [0.15, 0.2) is 16.5 Å². The molecule has 1 aliphatic rings. The van der Waals surface area contributed by atoms with Gasteiger partial charge in [-0.15, -0.1) is 0 Å². The number of nitrogens with zero attached hydrogens (tertiary/aromatic N) is 3. The highest BCUT2D eigenvalue weighted by Crippen LogP contribution is 2.27. The molecule has 9 heteroatoms. The van der Waals surface area contributed by atoms with Crippen LogP contribution in [0.1, 0.15) is 23.7 Å². The number of sulfone groups is 1. The first-order chi connectivity index (χ1) is 12.3. The quantitative estimate of drug-likeness (QED) is 0.721. The molecule has 1 aromatic heterocycles. The summed E-state index contributed by atoms with van der Waals surface area (Å²) in [6, 6.07) is 8.00. The topological polar surface area (TPSA) is 70.6 Å². The molecule has 0 radical (unpaired) electrons. The Balaban J connectivity index is 1.71. The van der Waals surface area contributed by atoms with Crippen LogP contribution in [0.4, 0.5) is 0 Å². The van der Waals surface area contributed by atoms with E-state index in [2.05, 4.69) is 24.3 Å². The lowest BCUT2D eigenvalue weighted by Gasteiger charge is -2.14. The Bertz CT molecular complexity index is 932. The second-order valence-electron chi connectivity index (χ2n) is 6.94. The molecule has 0 saturated carbocycles. The van der Waals surface area contributed by atoms with Crippen LogP contribution in [0, 0.1) is 4.77 Å². The minimum Gasteiger partial charge on any atom is -0.497 e. The van der Waals surface area contributed by atoms with Crippen LogP contribution in [0.2, 0.25) is 0 Å². The first kappa shape index (κ1) is 19.1. The molecule has 2 atom stereocenters. The molecular weight excluding hydrogens is 372 g/mol. The van der Waals surface area contributed by atoms with Gasteiger partial charge in [-0.2, -0.15) is 9.78 Å². The van der Waals surface area contributed by atoms with Crippen molar-refractivity contribution in [2.75, 3.05) is 25.7 Å². The predicted octanol–water partition coefficient (Wildman–Crippen LogP) is 0.534. The number of benzene rings is 1. The molecule has 1 unspecified atom stereocenters. The van der Waals surface area contributed by atoms with Gasteiger partial charge in [0, 0.05) is 18.5 Å². The molecule has 1 aliphatic heterocycles. The maximum Gasteiger partial charge on any atom is 0.202 e. The Kier molecular flexibility index (Phi) is 5.50. The number of ether oxygens (including phenoxy) is 1. The summed E-state index contributed by atoms with van der Waals surface area (Å²) in [6.07, 6.45) is 0.622. The van der Waals surface area contributed by atoms with Gasteiger partial charge in [-0.3, -0.25) is 0 Å². The SMILES string of the molecule is COc1ccc(C[NH+](C)Cn2nc([C@H]3CCS(=O)(=O)C3)n(C)c2=S)cc1. The van der Waals surface area contributed by atoms with Crippen molar-refractivity contribution >= 4 is 22.1 Å². The van der Waals surface area contributed by atoms with Crippen LogP contribution in [0.25, 0.3) is 0 Å². The van der Waals surface area contributed by atoms with Gasteiger partial charge >= 0.3 is 0 Å². The third kappa shape index (κ3) is 4.16. The number of methoxy groups -OCH3 is 1. The molecule has 0 amide bonds. The van der Waals surface area contributed by atoms with Crippen molar-refractivity contribution in [3.8, 4) is 5.75 Å². The predicted molar refractivity (Wildman–Crippen MR) is 102 cm³/mol. The maximum atomic E-state index is 11.8. The van der Waals surface area contributed by atoms with E-state index >= 15 is 0 Å². The van der Waals surface area contributed by atoms with E-state index in [4.69, 9.17) is 17.0 Å². The van der Waals surface area contributed by atoms with Crippen LogP contribution in [-0.4, -0.2) is 48.4 Å². The fourth-order valence-electron chi connectivity index (χ4n) is 3.37. The minimum atomic E-state index is -2.95. The number of aromatic nitrogens is 3. The Morgan fingerprint density at radius 3 is 2.62 bits per heavy atom. The highest BCUT2D eigenvalue weighted by atomic mass is 32.2. The molecule has 26 heavy (non-hydrogen) atoms. The summed E-state index contributed by atoms with van der Waals surface area (Å²) < 4.78 is 33.0. The number of rotatable bonds is 6. The Hall–Kier alpha value is -1.71. The van der Waals surface area contributed by atoms with Gasteiger partial charge in [-0.25, -0.2) is 8.42 Å². The van der Waals surface area contributed by atoms with Crippen LogP contribution in [0.3, 0.4) is 0 Å². The monoisotopic (exact) mass is 397 g/mol. The molecule has 0 aliphatic carbocycles. The number of hydrogen-bond acceptors (Lipinski definition) is 5. The molecular formula is C17H25N4O3S2+. The fraction of sp³-hybridized carbons (Fsp3) is 0.529. The number of quaternary nitrogens is 1. The molecule has 2 aromatic rings. The molecule has 2 heterocycles. The van der Waals surface area contributed by atoms with E-state index in [1.165, 1.54) is 10.5 Å². The van der Waals surface area contributed by atoms with Gasteiger partial charge in [0.25, 0.3) is 0 Å². The maximum absolute atomic E-state index is 11.8. The summed E-state index contributed by atoms with van der Waals surface area (Å²) in [6.45, 7) is 1.45. The molecule has 1 N–H and O–H groups in total. The largest absolute Gasteiger partial charge is 0.497 e. The summed E-state index contributed by atoms with van der Waals surface area (Å²) in [5, 5.41) is 4.64. The van der Waals surface area contributed by atoms with Crippen molar-refractivity contribution < 1.29 is 18.1 Å². The van der Waals surface area contributed by atoms with Gasteiger partial charge in [0.05, 0.1) is 25.7 Å². The van der Waals surface area contributed by atoms with Crippen molar-refractivity contribution in [2.45, 2.75) is 25.6 Å². The Labute approximate surface area is 159 Å². The van der Waals surface area contributed by atoms with E-state index in [9.17, 15) is 8.42 Å². The zero-order valence-electron chi connectivity index (χ0n) is 15.3. The molecule has 1 saturated heterocycles. The normalized spacial score (nSPS) is 20.2. The minimum absolute atomic E-state index is 0.0603. The van der Waals surface area contributed by atoms with Crippen molar-refractivity contribution in [3.63, 3.8) is 0 Å². The van der Waals surface area contributed by atoms with Crippen molar-refractivity contribution in [1.29, 1.82) is 0 Å². The molecule has 0 spiro atoms. The van der Waals surface area contributed by atoms with Crippen molar-refractivity contribution in [2.24, 2.45) is 7.05 Å². The number of hydrogen-bond donors (Lipinski definition) is 1. The lowest BCUT2D eigenvalue weighted by molar-refractivity contribution is -0.917. The third-order valence-electron chi connectivity index (χ3n) is 4.76. The zero-order chi connectivity index (χ0) is 18.9. The standard InChI is InChI=1S/C17H24N4O3S2/c1-19(10-13-4-6-15(24-3)7-5-13)12-21-17(25)20(2)16(18-21)14-8-9-26(22,23)11-14/h4-7,14H,8-12H2,1-3H3/p+1/t14-/m0/s1. The highest BCUT2D eigenvalue weighted by Gasteiger charge is 2.32.